The molecule has 5 heteroatoms. The van der Waals surface area contributed by atoms with Gasteiger partial charge in [0.25, 0.3) is 0 Å². The summed E-state index contributed by atoms with van der Waals surface area (Å²) in [7, 11) is 3.28. The lowest BCUT2D eigenvalue weighted by atomic mass is 9.39. The number of hydrogen-bond donors (Lipinski definition) is 1. The van der Waals surface area contributed by atoms with Crippen LogP contribution in [-0.2, 0) is 19.0 Å². The third kappa shape index (κ3) is 2.37. The number of fused-ring (bicyclic) bond motifs is 2. The smallest absolute Gasteiger partial charge is 0.203 e. The number of rotatable bonds is 2. The van der Waals surface area contributed by atoms with E-state index < -0.39 is 11.5 Å². The van der Waals surface area contributed by atoms with Crippen LogP contribution in [0.15, 0.2) is 11.8 Å². The lowest BCUT2D eigenvalue weighted by Crippen LogP contribution is -2.69. The summed E-state index contributed by atoms with van der Waals surface area (Å²) in [4.78, 5) is 13.5. The number of methoxy groups -OCH3 is 2. The molecule has 1 saturated heterocycles. The van der Waals surface area contributed by atoms with Gasteiger partial charge in [0.1, 0.15) is 0 Å². The zero-order valence-corrected chi connectivity index (χ0v) is 17.4. The van der Waals surface area contributed by atoms with Crippen molar-refractivity contribution >= 4 is 5.78 Å². The molecule has 2 saturated carbocycles. The number of aliphatic hydroxyl groups is 1. The highest BCUT2D eigenvalue weighted by Gasteiger charge is 2.69. The molecule has 0 spiro atoms. The molecule has 1 aliphatic heterocycles. The maximum absolute atomic E-state index is 13.5. The third-order valence-corrected chi connectivity index (χ3v) is 8.93. The number of ketones is 1. The second kappa shape index (κ2) is 6.30. The molecule has 1 heterocycles. The van der Waals surface area contributed by atoms with Crippen LogP contribution < -0.4 is 0 Å². The number of carbonyl (C=O) groups is 1. The van der Waals surface area contributed by atoms with Crippen LogP contribution in [0.2, 0.25) is 0 Å². The zero-order valence-electron chi connectivity index (χ0n) is 17.4. The van der Waals surface area contributed by atoms with Gasteiger partial charge in [-0.15, -0.1) is 0 Å². The minimum atomic E-state index is -0.534. The monoisotopic (exact) mass is 378 g/mol. The standard InChI is InChI=1S/C22H34O5/c1-11-7-16(25-5)20(24)22(4)13(11)8-18-21(3)14(9-19(26-6)27-18)12(2)15(23)10-17(21)22/h7,11-15,17-19,23H,8-10H2,1-6H3/t11-,12?,13+,14+,15+,17+,18-,19+,21+,22+/m1/s1. The predicted molar refractivity (Wildman–Crippen MR) is 101 cm³/mol. The van der Waals surface area contributed by atoms with Gasteiger partial charge in [0.15, 0.2) is 12.0 Å². The molecule has 0 aromatic carbocycles. The highest BCUT2D eigenvalue weighted by molar-refractivity contribution is 5.99. The van der Waals surface area contributed by atoms with Crippen LogP contribution in [0.25, 0.3) is 0 Å². The first-order valence-electron chi connectivity index (χ1n) is 10.4. The minimum absolute atomic E-state index is 0.0481. The molecule has 3 aliphatic carbocycles. The summed E-state index contributed by atoms with van der Waals surface area (Å²) in [6.07, 6.45) is 3.66. The van der Waals surface area contributed by atoms with Crippen LogP contribution in [0.3, 0.4) is 0 Å². The van der Waals surface area contributed by atoms with Gasteiger partial charge in [-0.25, -0.2) is 0 Å². The van der Waals surface area contributed by atoms with Crippen LogP contribution in [0, 0.1) is 40.4 Å². The van der Waals surface area contributed by atoms with Gasteiger partial charge >= 0.3 is 0 Å². The topological polar surface area (TPSA) is 65.0 Å². The van der Waals surface area contributed by atoms with Crippen LogP contribution in [-0.4, -0.2) is 43.6 Å². The average Bonchev–Trinajstić information content (AvgIpc) is 2.64. The molecule has 1 unspecified atom stereocenters. The van der Waals surface area contributed by atoms with Crippen molar-refractivity contribution < 1.29 is 24.1 Å². The Morgan fingerprint density at radius 3 is 2.48 bits per heavy atom. The second-order valence-corrected chi connectivity index (χ2v) is 9.76. The highest BCUT2D eigenvalue weighted by Crippen LogP contribution is 2.68. The van der Waals surface area contributed by atoms with Crippen molar-refractivity contribution in [3.8, 4) is 0 Å². The first kappa shape index (κ1) is 19.4. The van der Waals surface area contributed by atoms with Gasteiger partial charge in [0.05, 0.1) is 19.3 Å². The first-order chi connectivity index (χ1) is 12.7. The molecule has 0 radical (unpaired) electrons. The van der Waals surface area contributed by atoms with Crippen molar-refractivity contribution in [2.75, 3.05) is 14.2 Å². The summed E-state index contributed by atoms with van der Waals surface area (Å²) in [5.41, 5.74) is -0.683. The van der Waals surface area contributed by atoms with E-state index in [0.717, 1.165) is 12.8 Å². The molecule has 0 aromatic rings. The molecule has 152 valence electrons. The lowest BCUT2D eigenvalue weighted by Gasteiger charge is -2.68. The van der Waals surface area contributed by atoms with Gasteiger partial charge in [-0.2, -0.15) is 0 Å². The summed E-state index contributed by atoms with van der Waals surface area (Å²) in [6, 6.07) is 0. The Morgan fingerprint density at radius 1 is 1.15 bits per heavy atom. The van der Waals surface area contributed by atoms with Crippen molar-refractivity contribution in [2.45, 2.75) is 65.5 Å². The van der Waals surface area contributed by atoms with Crippen LogP contribution in [0.4, 0.5) is 0 Å². The highest BCUT2D eigenvalue weighted by atomic mass is 16.7. The van der Waals surface area contributed by atoms with Gasteiger partial charge in [0, 0.05) is 24.4 Å². The Labute approximate surface area is 162 Å². The van der Waals surface area contributed by atoms with Gasteiger partial charge in [-0.05, 0) is 48.5 Å². The zero-order chi connectivity index (χ0) is 19.7. The SMILES string of the molecule is COC1=C[C@@H](C)[C@@H]2C[C@H]3O[C@H](OC)C[C@H]4C(C)[C@@H](O)C[C@H]([C@@]2(C)C1=O)[C@@]34C. The van der Waals surface area contributed by atoms with E-state index in [2.05, 4.69) is 27.7 Å². The predicted octanol–water partition coefficient (Wildman–Crippen LogP) is 3.16. The van der Waals surface area contributed by atoms with E-state index in [9.17, 15) is 9.90 Å². The van der Waals surface area contributed by atoms with Crippen LogP contribution >= 0.6 is 0 Å². The van der Waals surface area contributed by atoms with Crippen LogP contribution in [0.1, 0.15) is 47.0 Å². The molecule has 27 heavy (non-hydrogen) atoms. The molecule has 0 aromatic heterocycles. The van der Waals surface area contributed by atoms with E-state index in [1.807, 2.05) is 6.08 Å². The molecule has 3 fully saturated rings. The molecule has 4 aliphatic rings. The number of carbonyl (C=O) groups excluding carboxylic acids is 1. The van der Waals surface area contributed by atoms with Gasteiger partial charge < -0.3 is 19.3 Å². The van der Waals surface area contributed by atoms with Crippen molar-refractivity contribution in [1.29, 1.82) is 0 Å². The van der Waals surface area contributed by atoms with Gasteiger partial charge in [-0.3, -0.25) is 4.79 Å². The Kier molecular flexibility index (Phi) is 4.53. The van der Waals surface area contributed by atoms with Crippen molar-refractivity contribution in [3.63, 3.8) is 0 Å². The fourth-order valence-corrected chi connectivity index (χ4v) is 7.36. The van der Waals surface area contributed by atoms with E-state index in [-0.39, 0.29) is 53.2 Å². The quantitative estimate of drug-likeness (QED) is 0.800. The summed E-state index contributed by atoms with van der Waals surface area (Å²) in [5.74, 6) is 1.51. The number of Topliss-reactive ketones (excluding diaryl/α,β-unsaturated/α-hetero) is 1. The van der Waals surface area contributed by atoms with E-state index in [1.165, 1.54) is 0 Å². The summed E-state index contributed by atoms with van der Waals surface area (Å²) < 4.78 is 17.5. The molecule has 4 rings (SSSR count). The number of allylic oxidation sites excluding steroid dienone is 2. The van der Waals surface area contributed by atoms with Crippen molar-refractivity contribution in [2.24, 2.45) is 40.4 Å². The van der Waals surface area contributed by atoms with Crippen molar-refractivity contribution in [3.05, 3.63) is 11.8 Å². The third-order valence-electron chi connectivity index (χ3n) is 8.93. The minimum Gasteiger partial charge on any atom is -0.493 e. The van der Waals surface area contributed by atoms with Gasteiger partial charge in [0.2, 0.25) is 5.78 Å². The second-order valence-electron chi connectivity index (χ2n) is 9.76. The Morgan fingerprint density at radius 2 is 1.85 bits per heavy atom. The molecule has 10 atom stereocenters. The molecule has 0 amide bonds. The molecule has 5 nitrogen and oxygen atoms in total. The van der Waals surface area contributed by atoms with Crippen molar-refractivity contribution in [1.82, 2.24) is 0 Å². The maximum atomic E-state index is 13.5. The summed E-state index contributed by atoms with van der Waals surface area (Å²) >= 11 is 0. The Hall–Kier alpha value is -0.910. The average molecular weight is 379 g/mol. The molecular formula is C22H34O5. The number of aliphatic hydroxyl groups excluding tert-OH is 1. The van der Waals surface area contributed by atoms with Gasteiger partial charge in [-0.1, -0.05) is 27.7 Å². The lowest BCUT2D eigenvalue weighted by molar-refractivity contribution is -0.310. The Balaban J connectivity index is 1.85. The van der Waals surface area contributed by atoms with E-state index in [1.54, 1.807) is 14.2 Å². The molecular weight excluding hydrogens is 344 g/mol. The van der Waals surface area contributed by atoms with E-state index >= 15 is 0 Å². The van der Waals surface area contributed by atoms with E-state index in [0.29, 0.717) is 12.2 Å². The fourth-order valence-electron chi connectivity index (χ4n) is 7.36. The largest absolute Gasteiger partial charge is 0.493 e. The maximum Gasteiger partial charge on any atom is 0.203 e. The van der Waals surface area contributed by atoms with Crippen LogP contribution in [0.5, 0.6) is 0 Å². The number of hydrogen-bond acceptors (Lipinski definition) is 5. The normalized spacial score (nSPS) is 54.6. The molecule has 1 N–H and O–H groups in total. The fraction of sp³-hybridized carbons (Fsp3) is 0.864. The Bertz CT molecular complexity index is 659. The first-order valence-corrected chi connectivity index (χ1v) is 10.4. The molecule has 0 bridgehead atoms. The van der Waals surface area contributed by atoms with E-state index in [4.69, 9.17) is 14.2 Å². The summed E-state index contributed by atoms with van der Waals surface area (Å²) in [6.45, 7) is 8.74. The summed E-state index contributed by atoms with van der Waals surface area (Å²) in [5, 5.41) is 10.9. The number of ether oxygens (including phenoxy) is 3.